The van der Waals surface area contributed by atoms with Gasteiger partial charge in [-0.15, -0.1) is 11.8 Å². The van der Waals surface area contributed by atoms with E-state index in [9.17, 15) is 14.7 Å². The van der Waals surface area contributed by atoms with E-state index in [1.165, 1.54) is 23.6 Å². The van der Waals surface area contributed by atoms with Crippen LogP contribution in [0.5, 0.6) is 0 Å². The van der Waals surface area contributed by atoms with Crippen LogP contribution in [0.1, 0.15) is 6.92 Å². The molecule has 4 N–H and O–H groups in total. The van der Waals surface area contributed by atoms with Gasteiger partial charge in [0.1, 0.15) is 11.1 Å². The van der Waals surface area contributed by atoms with Crippen LogP contribution in [0, 0.1) is 5.92 Å². The minimum Gasteiger partial charge on any atom is -0.477 e. The predicted octanol–water partition coefficient (Wildman–Crippen LogP) is -0.847. The van der Waals surface area contributed by atoms with Gasteiger partial charge in [-0.25, -0.2) is 4.79 Å². The average molecular weight is 244 g/mol. The Morgan fingerprint density at radius 1 is 1.69 bits per heavy atom. The summed E-state index contributed by atoms with van der Waals surface area (Å²) in [4.78, 5) is 24.4. The second-order valence-electron chi connectivity index (χ2n) is 3.76. The highest BCUT2D eigenvalue weighted by Crippen LogP contribution is 2.49. The van der Waals surface area contributed by atoms with Crippen molar-refractivity contribution >= 4 is 23.6 Å². The number of thioether (sulfide) groups is 1. The first kappa shape index (κ1) is 11.4. The van der Waals surface area contributed by atoms with Crippen LogP contribution in [0.25, 0.3) is 0 Å². The second-order valence-corrected chi connectivity index (χ2v) is 4.98. The van der Waals surface area contributed by atoms with Gasteiger partial charge in [0.05, 0.1) is 12.0 Å². The maximum Gasteiger partial charge on any atom is 0.353 e. The number of aliphatic hydroxyl groups excluding tert-OH is 1. The standard InChI is InChI=1S/C9H12N2O4S/c1-3(12)5-7(13)11-6(9(14)15)4(2-10)16-8(5)11/h3,5,8,12H,2,10H2,1H3,(H,14,15)/t3-,5?,8+/m1/s1. The molecule has 0 bridgehead atoms. The summed E-state index contributed by atoms with van der Waals surface area (Å²) in [6.45, 7) is 1.63. The highest BCUT2D eigenvalue weighted by molar-refractivity contribution is 8.04. The van der Waals surface area contributed by atoms with Crippen molar-refractivity contribution in [3.63, 3.8) is 0 Å². The zero-order chi connectivity index (χ0) is 12.0. The molecule has 0 saturated carbocycles. The third-order valence-corrected chi connectivity index (χ3v) is 4.15. The molecule has 1 fully saturated rings. The number of carbonyl (C=O) groups is 2. The number of carboxylic acid groups (broad SMARTS) is 1. The van der Waals surface area contributed by atoms with Gasteiger partial charge in [-0.05, 0) is 6.92 Å². The highest BCUT2D eigenvalue weighted by Gasteiger charge is 2.57. The van der Waals surface area contributed by atoms with Gasteiger partial charge in [-0.3, -0.25) is 9.69 Å². The molecule has 2 heterocycles. The van der Waals surface area contributed by atoms with E-state index >= 15 is 0 Å². The van der Waals surface area contributed by atoms with E-state index < -0.39 is 18.0 Å². The fraction of sp³-hybridized carbons (Fsp3) is 0.556. The third kappa shape index (κ3) is 1.35. The van der Waals surface area contributed by atoms with Crippen LogP contribution in [0.15, 0.2) is 10.6 Å². The smallest absolute Gasteiger partial charge is 0.353 e. The van der Waals surface area contributed by atoms with Crippen LogP contribution in [0.2, 0.25) is 0 Å². The molecule has 16 heavy (non-hydrogen) atoms. The van der Waals surface area contributed by atoms with Gasteiger partial charge in [0.2, 0.25) is 5.91 Å². The zero-order valence-electron chi connectivity index (χ0n) is 8.58. The molecule has 0 aromatic rings. The Bertz CT molecular complexity index is 393. The average Bonchev–Trinajstić information content (AvgIpc) is 2.51. The Morgan fingerprint density at radius 3 is 2.75 bits per heavy atom. The number of carboxylic acids is 1. The van der Waals surface area contributed by atoms with Crippen molar-refractivity contribution < 1.29 is 19.8 Å². The number of nitrogens with two attached hydrogens (primary N) is 1. The highest BCUT2D eigenvalue weighted by atomic mass is 32.2. The van der Waals surface area contributed by atoms with Crippen LogP contribution in [0.3, 0.4) is 0 Å². The molecular formula is C9H12N2O4S. The fourth-order valence-corrected chi connectivity index (χ4v) is 3.49. The summed E-state index contributed by atoms with van der Waals surface area (Å²) in [5.41, 5.74) is 5.41. The van der Waals surface area contributed by atoms with Gasteiger partial charge in [0.15, 0.2) is 0 Å². The van der Waals surface area contributed by atoms with E-state index in [0.29, 0.717) is 4.91 Å². The molecule has 2 aliphatic rings. The van der Waals surface area contributed by atoms with E-state index in [-0.39, 0.29) is 23.5 Å². The topological polar surface area (TPSA) is 104 Å². The molecule has 1 amide bonds. The van der Waals surface area contributed by atoms with Crippen molar-refractivity contribution in [2.45, 2.75) is 18.4 Å². The van der Waals surface area contributed by atoms with Crippen molar-refractivity contribution in [3.05, 3.63) is 10.6 Å². The molecule has 6 nitrogen and oxygen atoms in total. The van der Waals surface area contributed by atoms with Crippen LogP contribution in [0.4, 0.5) is 0 Å². The van der Waals surface area contributed by atoms with Crippen LogP contribution < -0.4 is 5.73 Å². The molecule has 1 unspecified atom stereocenters. The minimum absolute atomic E-state index is 0.0283. The molecule has 0 aliphatic carbocycles. The summed E-state index contributed by atoms with van der Waals surface area (Å²) in [6, 6.07) is 0. The van der Waals surface area contributed by atoms with Crippen molar-refractivity contribution in [2.75, 3.05) is 6.54 Å². The molecule has 0 aromatic carbocycles. The molecule has 7 heteroatoms. The first-order valence-electron chi connectivity index (χ1n) is 4.83. The summed E-state index contributed by atoms with van der Waals surface area (Å²) in [5, 5.41) is 18.1. The molecule has 2 aliphatic heterocycles. The summed E-state index contributed by atoms with van der Waals surface area (Å²) in [6.07, 6.45) is -0.770. The van der Waals surface area contributed by atoms with Crippen molar-refractivity contribution in [1.29, 1.82) is 0 Å². The molecule has 88 valence electrons. The van der Waals surface area contributed by atoms with Crippen molar-refractivity contribution in [1.82, 2.24) is 4.90 Å². The first-order valence-corrected chi connectivity index (χ1v) is 5.71. The lowest BCUT2D eigenvalue weighted by atomic mass is 9.92. The van der Waals surface area contributed by atoms with E-state index in [4.69, 9.17) is 10.8 Å². The monoisotopic (exact) mass is 244 g/mol. The van der Waals surface area contributed by atoms with Crippen molar-refractivity contribution in [3.8, 4) is 0 Å². The summed E-state index contributed by atoms with van der Waals surface area (Å²) in [5.74, 6) is -2.01. The molecule has 0 radical (unpaired) electrons. The second kappa shape index (κ2) is 3.76. The van der Waals surface area contributed by atoms with Crippen LogP contribution in [-0.2, 0) is 9.59 Å². The Morgan fingerprint density at radius 2 is 2.31 bits per heavy atom. The first-order chi connectivity index (χ1) is 7.49. The number of hydrogen-bond acceptors (Lipinski definition) is 5. The minimum atomic E-state index is -1.15. The van der Waals surface area contributed by atoms with Gasteiger partial charge < -0.3 is 15.9 Å². The number of hydrogen-bond donors (Lipinski definition) is 3. The number of aliphatic carboxylic acids is 1. The van der Waals surface area contributed by atoms with Crippen LogP contribution in [-0.4, -0.2) is 45.0 Å². The molecule has 0 aromatic heterocycles. The quantitative estimate of drug-likeness (QED) is 0.559. The molecule has 2 rings (SSSR count). The van der Waals surface area contributed by atoms with Crippen LogP contribution >= 0.6 is 11.8 Å². The molecule has 0 spiro atoms. The van der Waals surface area contributed by atoms with Gasteiger partial charge in [-0.1, -0.05) is 0 Å². The largest absolute Gasteiger partial charge is 0.477 e. The number of fused-ring (bicyclic) bond motifs is 1. The normalized spacial score (nSPS) is 30.2. The number of carbonyl (C=O) groups excluding carboxylic acids is 1. The number of aliphatic hydroxyl groups is 1. The SMILES string of the molecule is C[C@@H](O)C1C(=O)N2C(C(=O)O)=C(CN)S[C@@H]12. The Kier molecular flexibility index (Phi) is 2.69. The Balaban J connectivity index is 2.29. The fourth-order valence-electron chi connectivity index (χ4n) is 2.00. The Hall–Kier alpha value is -1.05. The van der Waals surface area contributed by atoms with Gasteiger partial charge >= 0.3 is 5.97 Å². The molecule has 3 atom stereocenters. The summed E-state index contributed by atoms with van der Waals surface area (Å²) in [7, 11) is 0. The van der Waals surface area contributed by atoms with Gasteiger partial charge in [-0.2, -0.15) is 0 Å². The lowest BCUT2D eigenvalue weighted by Crippen LogP contribution is -2.60. The third-order valence-electron chi connectivity index (χ3n) is 2.76. The molecular weight excluding hydrogens is 232 g/mol. The van der Waals surface area contributed by atoms with Gasteiger partial charge in [0, 0.05) is 11.4 Å². The lowest BCUT2D eigenvalue weighted by Gasteiger charge is -2.43. The number of rotatable bonds is 3. The number of nitrogens with zero attached hydrogens (tertiary/aromatic N) is 1. The maximum atomic E-state index is 11.7. The summed E-state index contributed by atoms with van der Waals surface area (Å²) >= 11 is 1.26. The van der Waals surface area contributed by atoms with E-state index in [2.05, 4.69) is 0 Å². The predicted molar refractivity (Wildman–Crippen MR) is 57.1 cm³/mol. The summed E-state index contributed by atoms with van der Waals surface area (Å²) < 4.78 is 0. The van der Waals surface area contributed by atoms with Gasteiger partial charge in [0.25, 0.3) is 0 Å². The lowest BCUT2D eigenvalue weighted by molar-refractivity contribution is -0.156. The van der Waals surface area contributed by atoms with Crippen molar-refractivity contribution in [2.24, 2.45) is 11.7 Å². The van der Waals surface area contributed by atoms with E-state index in [1.807, 2.05) is 0 Å². The number of β-lactam (4-membered cyclic amide) rings is 1. The Labute approximate surface area is 96.1 Å². The maximum absolute atomic E-state index is 11.7. The zero-order valence-corrected chi connectivity index (χ0v) is 9.40. The number of amides is 1. The van der Waals surface area contributed by atoms with E-state index in [0.717, 1.165) is 0 Å². The molecule has 1 saturated heterocycles. The van der Waals surface area contributed by atoms with E-state index in [1.54, 1.807) is 0 Å².